The van der Waals surface area contributed by atoms with E-state index in [1.165, 1.54) is 0 Å². The lowest BCUT2D eigenvalue weighted by atomic mass is 9.86. The molecular weight excluding hydrogens is 238 g/mol. The van der Waals surface area contributed by atoms with Gasteiger partial charge in [-0.3, -0.25) is 0 Å². The first-order valence-corrected chi connectivity index (χ1v) is 6.09. The molecule has 1 aliphatic heterocycles. The van der Waals surface area contributed by atoms with Gasteiger partial charge in [0.2, 0.25) is 0 Å². The summed E-state index contributed by atoms with van der Waals surface area (Å²) in [6.45, 7) is 3.95. The molecule has 96 valence electrons. The highest BCUT2D eigenvalue weighted by Gasteiger charge is 2.41. The van der Waals surface area contributed by atoms with E-state index in [0.717, 1.165) is 22.6 Å². The molecule has 0 bridgehead atoms. The van der Waals surface area contributed by atoms with Gasteiger partial charge in [-0.1, -0.05) is 36.9 Å². The Kier molecular flexibility index (Phi) is 2.57. The molecular formula is C16H15NO2. The second-order valence-electron chi connectivity index (χ2n) is 4.59. The quantitative estimate of drug-likeness (QED) is 0.864. The standard InChI is InChI=1S/C16H15NO2/c1-11-16(18,12-7-9-13(19-2)10-8-12)14-5-3-4-6-15(14)17-11/h3-10,17-18H,1H2,2H3. The van der Waals surface area contributed by atoms with E-state index < -0.39 is 5.60 Å². The summed E-state index contributed by atoms with van der Waals surface area (Å²) < 4.78 is 5.14. The Labute approximate surface area is 112 Å². The number of hydrogen-bond acceptors (Lipinski definition) is 3. The van der Waals surface area contributed by atoms with Gasteiger partial charge in [-0.25, -0.2) is 0 Å². The molecule has 2 aromatic carbocycles. The minimum absolute atomic E-state index is 0.568. The normalized spacial score (nSPS) is 20.8. The van der Waals surface area contributed by atoms with Gasteiger partial charge in [0.25, 0.3) is 0 Å². The highest BCUT2D eigenvalue weighted by Crippen LogP contribution is 2.45. The Hall–Kier alpha value is -2.26. The molecule has 1 heterocycles. The number of aliphatic hydroxyl groups is 1. The molecule has 1 unspecified atom stereocenters. The minimum Gasteiger partial charge on any atom is -0.497 e. The Bertz CT molecular complexity index is 633. The lowest BCUT2D eigenvalue weighted by molar-refractivity contribution is 0.129. The van der Waals surface area contributed by atoms with Crippen LogP contribution < -0.4 is 10.1 Å². The van der Waals surface area contributed by atoms with E-state index in [9.17, 15) is 5.11 Å². The summed E-state index contributed by atoms with van der Waals surface area (Å²) in [6.07, 6.45) is 0. The van der Waals surface area contributed by atoms with Crippen LogP contribution in [0.25, 0.3) is 0 Å². The van der Waals surface area contributed by atoms with Gasteiger partial charge in [0.15, 0.2) is 5.60 Å². The first kappa shape index (κ1) is 11.8. The molecule has 0 aromatic heterocycles. The summed E-state index contributed by atoms with van der Waals surface area (Å²) in [5.41, 5.74) is 1.87. The Morgan fingerprint density at radius 1 is 1.11 bits per heavy atom. The number of benzene rings is 2. The van der Waals surface area contributed by atoms with Crippen LogP contribution in [0.1, 0.15) is 11.1 Å². The van der Waals surface area contributed by atoms with Crippen LogP contribution in [0.4, 0.5) is 5.69 Å². The highest BCUT2D eigenvalue weighted by atomic mass is 16.5. The van der Waals surface area contributed by atoms with E-state index in [0.29, 0.717) is 5.70 Å². The van der Waals surface area contributed by atoms with Crippen molar-refractivity contribution in [1.82, 2.24) is 0 Å². The molecule has 3 heteroatoms. The number of fused-ring (bicyclic) bond motifs is 1. The number of rotatable bonds is 2. The molecule has 0 saturated heterocycles. The van der Waals surface area contributed by atoms with Crippen molar-refractivity contribution in [2.24, 2.45) is 0 Å². The molecule has 19 heavy (non-hydrogen) atoms. The zero-order valence-corrected chi connectivity index (χ0v) is 10.7. The maximum absolute atomic E-state index is 11.0. The van der Waals surface area contributed by atoms with E-state index >= 15 is 0 Å². The molecule has 1 aliphatic rings. The van der Waals surface area contributed by atoms with Gasteiger partial charge in [0, 0.05) is 16.9 Å². The number of anilines is 1. The summed E-state index contributed by atoms with van der Waals surface area (Å²) in [7, 11) is 1.62. The van der Waals surface area contributed by atoms with Crippen molar-refractivity contribution < 1.29 is 9.84 Å². The Balaban J connectivity index is 2.14. The van der Waals surface area contributed by atoms with E-state index in [1.807, 2.05) is 48.5 Å². The van der Waals surface area contributed by atoms with Crippen molar-refractivity contribution >= 4 is 5.69 Å². The third-order valence-electron chi connectivity index (χ3n) is 3.55. The lowest BCUT2D eigenvalue weighted by Crippen LogP contribution is -2.26. The van der Waals surface area contributed by atoms with Crippen LogP contribution in [0.3, 0.4) is 0 Å². The second-order valence-corrected chi connectivity index (χ2v) is 4.59. The average Bonchev–Trinajstić information content (AvgIpc) is 2.72. The molecule has 0 spiro atoms. The Morgan fingerprint density at radius 3 is 2.47 bits per heavy atom. The van der Waals surface area contributed by atoms with E-state index in [1.54, 1.807) is 7.11 Å². The largest absolute Gasteiger partial charge is 0.497 e. The van der Waals surface area contributed by atoms with E-state index in [4.69, 9.17) is 4.74 Å². The maximum atomic E-state index is 11.0. The van der Waals surface area contributed by atoms with E-state index in [-0.39, 0.29) is 0 Å². The predicted octanol–water partition coefficient (Wildman–Crippen LogP) is 2.87. The summed E-state index contributed by atoms with van der Waals surface area (Å²) in [5, 5.41) is 14.2. The summed E-state index contributed by atoms with van der Waals surface area (Å²) in [6, 6.07) is 15.1. The zero-order chi connectivity index (χ0) is 13.5. The first-order chi connectivity index (χ1) is 9.16. The van der Waals surface area contributed by atoms with Gasteiger partial charge in [0.05, 0.1) is 7.11 Å². The van der Waals surface area contributed by atoms with Crippen LogP contribution in [0.5, 0.6) is 5.75 Å². The Morgan fingerprint density at radius 2 is 1.79 bits per heavy atom. The molecule has 3 nitrogen and oxygen atoms in total. The van der Waals surface area contributed by atoms with Gasteiger partial charge in [-0.05, 0) is 23.8 Å². The minimum atomic E-state index is -1.19. The number of nitrogens with one attached hydrogen (secondary N) is 1. The van der Waals surface area contributed by atoms with Crippen LogP contribution in [0.2, 0.25) is 0 Å². The van der Waals surface area contributed by atoms with Crippen LogP contribution in [-0.4, -0.2) is 12.2 Å². The van der Waals surface area contributed by atoms with Crippen LogP contribution in [-0.2, 0) is 5.60 Å². The van der Waals surface area contributed by atoms with Crippen molar-refractivity contribution in [2.45, 2.75) is 5.60 Å². The summed E-state index contributed by atoms with van der Waals surface area (Å²) in [5.74, 6) is 0.761. The fourth-order valence-corrected chi connectivity index (χ4v) is 2.49. The van der Waals surface area contributed by atoms with Gasteiger partial charge in [0.1, 0.15) is 5.75 Å². The van der Waals surface area contributed by atoms with Crippen molar-refractivity contribution in [3.05, 3.63) is 71.9 Å². The third-order valence-corrected chi connectivity index (χ3v) is 3.55. The number of ether oxygens (including phenoxy) is 1. The van der Waals surface area contributed by atoms with E-state index in [2.05, 4.69) is 11.9 Å². The maximum Gasteiger partial charge on any atom is 0.156 e. The van der Waals surface area contributed by atoms with Gasteiger partial charge < -0.3 is 15.2 Å². The summed E-state index contributed by atoms with van der Waals surface area (Å²) in [4.78, 5) is 0. The monoisotopic (exact) mass is 253 g/mol. The molecule has 3 rings (SSSR count). The van der Waals surface area contributed by atoms with Crippen LogP contribution >= 0.6 is 0 Å². The molecule has 0 radical (unpaired) electrons. The SMILES string of the molecule is C=C1Nc2ccccc2C1(O)c1ccc(OC)cc1. The molecule has 2 aromatic rings. The van der Waals surface area contributed by atoms with Crippen molar-refractivity contribution in [1.29, 1.82) is 0 Å². The predicted molar refractivity (Wildman–Crippen MR) is 75.2 cm³/mol. The van der Waals surface area contributed by atoms with Crippen molar-refractivity contribution in [2.75, 3.05) is 12.4 Å². The van der Waals surface area contributed by atoms with Crippen LogP contribution in [0, 0.1) is 0 Å². The third kappa shape index (κ3) is 1.63. The van der Waals surface area contributed by atoms with Crippen molar-refractivity contribution in [3.63, 3.8) is 0 Å². The molecule has 0 aliphatic carbocycles. The average molecular weight is 253 g/mol. The smallest absolute Gasteiger partial charge is 0.156 e. The van der Waals surface area contributed by atoms with Gasteiger partial charge in [-0.15, -0.1) is 0 Å². The van der Waals surface area contributed by atoms with Gasteiger partial charge in [-0.2, -0.15) is 0 Å². The highest BCUT2D eigenvalue weighted by molar-refractivity contribution is 5.70. The number of methoxy groups -OCH3 is 1. The lowest BCUT2D eigenvalue weighted by Gasteiger charge is -2.25. The fourth-order valence-electron chi connectivity index (χ4n) is 2.49. The summed E-state index contributed by atoms with van der Waals surface area (Å²) >= 11 is 0. The molecule has 0 amide bonds. The molecule has 1 atom stereocenters. The van der Waals surface area contributed by atoms with Crippen molar-refractivity contribution in [3.8, 4) is 5.75 Å². The number of para-hydroxylation sites is 1. The van der Waals surface area contributed by atoms with Gasteiger partial charge >= 0.3 is 0 Å². The first-order valence-electron chi connectivity index (χ1n) is 6.09. The number of hydrogen-bond donors (Lipinski definition) is 2. The zero-order valence-electron chi connectivity index (χ0n) is 10.7. The molecule has 2 N–H and O–H groups in total. The molecule has 0 fully saturated rings. The second kappa shape index (κ2) is 4.14. The topological polar surface area (TPSA) is 41.5 Å². The fraction of sp³-hybridized carbons (Fsp3) is 0.125. The van der Waals surface area contributed by atoms with Crippen LogP contribution in [0.15, 0.2) is 60.8 Å². The molecule has 0 saturated carbocycles.